The molecule has 0 aliphatic carbocycles. The first-order valence-electron chi connectivity index (χ1n) is 9.26. The number of hydrogen-bond donors (Lipinski definition) is 0. The second kappa shape index (κ2) is 9.52. The monoisotopic (exact) mass is 457 g/mol. The lowest BCUT2D eigenvalue weighted by Gasteiger charge is -2.11. The third-order valence-electron chi connectivity index (χ3n) is 3.96. The summed E-state index contributed by atoms with van der Waals surface area (Å²) >= 11 is 3.37. The predicted octanol–water partition coefficient (Wildman–Crippen LogP) is 4.90. The van der Waals surface area contributed by atoms with E-state index in [1.54, 1.807) is 24.3 Å². The van der Waals surface area contributed by atoms with Crippen molar-refractivity contribution in [2.45, 2.75) is 26.7 Å². The number of aliphatic imine (C=N–C) groups is 1. The molecule has 0 spiro atoms. The van der Waals surface area contributed by atoms with E-state index in [-0.39, 0.29) is 17.6 Å². The van der Waals surface area contributed by atoms with Crippen molar-refractivity contribution < 1.29 is 23.8 Å². The Morgan fingerprint density at radius 1 is 1.14 bits per heavy atom. The van der Waals surface area contributed by atoms with Crippen LogP contribution in [0.5, 0.6) is 11.5 Å². The first-order valence-corrected chi connectivity index (χ1v) is 10.1. The molecule has 0 fully saturated rings. The fourth-order valence-corrected chi connectivity index (χ4v) is 2.89. The van der Waals surface area contributed by atoms with E-state index in [9.17, 15) is 9.59 Å². The summed E-state index contributed by atoms with van der Waals surface area (Å²) in [4.78, 5) is 28.3. The highest BCUT2D eigenvalue weighted by molar-refractivity contribution is 9.10. The molecule has 0 saturated carbocycles. The molecule has 0 bridgehead atoms. The minimum absolute atomic E-state index is 0.182. The number of ether oxygens (including phenoxy) is 3. The summed E-state index contributed by atoms with van der Waals surface area (Å²) in [6.07, 6.45) is 2.64. The smallest absolute Gasteiger partial charge is 0.363 e. The van der Waals surface area contributed by atoms with Gasteiger partial charge in [0.25, 0.3) is 0 Å². The Morgan fingerprint density at radius 2 is 1.90 bits per heavy atom. The standard InChI is InChI=1S/C22H20BrNO5/c1-3-5-20(25)28-18-11-6-14(13-19(18)27-4-2)12-17-22(26)29-21(24-17)15-7-9-16(23)10-8-15/h6-13H,3-5H2,1-2H3/b17-12+. The number of benzene rings is 2. The molecule has 0 unspecified atom stereocenters. The predicted molar refractivity (Wildman–Crippen MR) is 113 cm³/mol. The van der Waals surface area contributed by atoms with Gasteiger partial charge in [-0.25, -0.2) is 9.79 Å². The topological polar surface area (TPSA) is 74.2 Å². The van der Waals surface area contributed by atoms with Crippen LogP contribution in [0.3, 0.4) is 0 Å². The summed E-state index contributed by atoms with van der Waals surface area (Å²) in [5, 5.41) is 0. The molecule has 0 saturated heterocycles. The number of esters is 2. The lowest BCUT2D eigenvalue weighted by atomic mass is 10.1. The van der Waals surface area contributed by atoms with Crippen molar-refractivity contribution in [3.63, 3.8) is 0 Å². The summed E-state index contributed by atoms with van der Waals surface area (Å²) in [5.74, 6) is 0.182. The van der Waals surface area contributed by atoms with Crippen LogP contribution < -0.4 is 9.47 Å². The summed E-state index contributed by atoms with van der Waals surface area (Å²) in [6, 6.07) is 12.4. The molecule has 2 aromatic rings. The Bertz CT molecular complexity index is 979. The highest BCUT2D eigenvalue weighted by atomic mass is 79.9. The van der Waals surface area contributed by atoms with E-state index in [2.05, 4.69) is 20.9 Å². The fourth-order valence-electron chi connectivity index (χ4n) is 2.63. The van der Waals surface area contributed by atoms with Gasteiger partial charge < -0.3 is 14.2 Å². The van der Waals surface area contributed by atoms with E-state index in [0.29, 0.717) is 42.1 Å². The van der Waals surface area contributed by atoms with Gasteiger partial charge in [-0.15, -0.1) is 0 Å². The van der Waals surface area contributed by atoms with Crippen molar-refractivity contribution in [2.24, 2.45) is 4.99 Å². The molecule has 0 radical (unpaired) electrons. The van der Waals surface area contributed by atoms with Gasteiger partial charge in [-0.1, -0.05) is 28.9 Å². The highest BCUT2D eigenvalue weighted by Gasteiger charge is 2.24. The molecule has 150 valence electrons. The molecule has 6 nitrogen and oxygen atoms in total. The average molecular weight is 458 g/mol. The van der Waals surface area contributed by atoms with E-state index in [4.69, 9.17) is 14.2 Å². The van der Waals surface area contributed by atoms with Gasteiger partial charge in [-0.2, -0.15) is 0 Å². The quantitative estimate of drug-likeness (QED) is 0.335. The van der Waals surface area contributed by atoms with Crippen LogP contribution in [0, 0.1) is 0 Å². The molecule has 1 aliphatic heterocycles. The van der Waals surface area contributed by atoms with Gasteiger partial charge in [-0.3, -0.25) is 4.79 Å². The van der Waals surface area contributed by atoms with Crippen molar-refractivity contribution in [3.8, 4) is 11.5 Å². The minimum Gasteiger partial charge on any atom is -0.490 e. The van der Waals surface area contributed by atoms with Gasteiger partial charge in [0, 0.05) is 16.5 Å². The second-order valence-electron chi connectivity index (χ2n) is 6.21. The molecule has 3 rings (SSSR count). The largest absolute Gasteiger partial charge is 0.490 e. The summed E-state index contributed by atoms with van der Waals surface area (Å²) in [7, 11) is 0. The SMILES string of the molecule is CCCC(=O)Oc1ccc(/C=C2/N=C(c3ccc(Br)cc3)OC2=O)cc1OCC. The van der Waals surface area contributed by atoms with Gasteiger partial charge in [0.15, 0.2) is 17.2 Å². The molecule has 2 aromatic carbocycles. The molecule has 0 atom stereocenters. The van der Waals surface area contributed by atoms with Gasteiger partial charge in [0.2, 0.25) is 5.90 Å². The number of carbonyl (C=O) groups excluding carboxylic acids is 2. The Morgan fingerprint density at radius 3 is 2.59 bits per heavy atom. The number of nitrogens with zero attached hydrogens (tertiary/aromatic N) is 1. The Labute approximate surface area is 177 Å². The Balaban J connectivity index is 1.86. The van der Waals surface area contributed by atoms with Crippen LogP contribution in [0.1, 0.15) is 37.8 Å². The summed E-state index contributed by atoms with van der Waals surface area (Å²) < 4.78 is 17.1. The number of hydrogen-bond acceptors (Lipinski definition) is 6. The van der Waals surface area contributed by atoms with Crippen molar-refractivity contribution in [1.29, 1.82) is 0 Å². The highest BCUT2D eigenvalue weighted by Crippen LogP contribution is 2.30. The first kappa shape index (κ1) is 20.8. The zero-order valence-corrected chi connectivity index (χ0v) is 17.7. The van der Waals surface area contributed by atoms with Crippen LogP contribution >= 0.6 is 15.9 Å². The molecule has 0 N–H and O–H groups in total. The maximum atomic E-state index is 12.2. The Kier molecular flexibility index (Phi) is 6.82. The molecule has 29 heavy (non-hydrogen) atoms. The normalized spacial score (nSPS) is 14.5. The summed E-state index contributed by atoms with van der Waals surface area (Å²) in [5.41, 5.74) is 1.57. The molecular formula is C22H20BrNO5. The molecule has 0 aromatic heterocycles. The molecule has 1 heterocycles. The van der Waals surface area contributed by atoms with E-state index >= 15 is 0 Å². The van der Waals surface area contributed by atoms with Gasteiger partial charge in [-0.05, 0) is 61.4 Å². The lowest BCUT2D eigenvalue weighted by Crippen LogP contribution is -2.08. The zero-order chi connectivity index (χ0) is 20.8. The molecule has 1 aliphatic rings. The van der Waals surface area contributed by atoms with E-state index in [0.717, 1.165) is 4.47 Å². The molecule has 0 amide bonds. The van der Waals surface area contributed by atoms with Crippen LogP contribution in [0.15, 0.2) is 57.6 Å². The van der Waals surface area contributed by atoms with E-state index < -0.39 is 5.97 Å². The van der Waals surface area contributed by atoms with E-state index in [1.807, 2.05) is 38.1 Å². The third kappa shape index (κ3) is 5.32. The van der Waals surface area contributed by atoms with E-state index in [1.165, 1.54) is 0 Å². The number of carbonyl (C=O) groups is 2. The zero-order valence-electron chi connectivity index (χ0n) is 16.1. The van der Waals surface area contributed by atoms with Crippen LogP contribution in [-0.4, -0.2) is 24.4 Å². The maximum Gasteiger partial charge on any atom is 0.363 e. The number of rotatable bonds is 7. The van der Waals surface area contributed by atoms with Crippen molar-refractivity contribution in [1.82, 2.24) is 0 Å². The van der Waals surface area contributed by atoms with Gasteiger partial charge >= 0.3 is 11.9 Å². The third-order valence-corrected chi connectivity index (χ3v) is 4.49. The number of halogens is 1. The van der Waals surface area contributed by atoms with Crippen LogP contribution in [-0.2, 0) is 14.3 Å². The van der Waals surface area contributed by atoms with Crippen LogP contribution in [0.4, 0.5) is 0 Å². The van der Waals surface area contributed by atoms with Crippen molar-refractivity contribution in [3.05, 3.63) is 63.8 Å². The molecule has 7 heteroatoms. The maximum absolute atomic E-state index is 12.2. The van der Waals surface area contributed by atoms with Crippen molar-refractivity contribution in [2.75, 3.05) is 6.61 Å². The molecular weight excluding hydrogens is 438 g/mol. The average Bonchev–Trinajstić information content (AvgIpc) is 3.05. The van der Waals surface area contributed by atoms with Crippen LogP contribution in [0.2, 0.25) is 0 Å². The number of cyclic esters (lactones) is 1. The fraction of sp³-hybridized carbons (Fsp3) is 0.227. The second-order valence-corrected chi connectivity index (χ2v) is 7.12. The van der Waals surface area contributed by atoms with Gasteiger partial charge in [0.05, 0.1) is 6.61 Å². The minimum atomic E-state index is -0.528. The van der Waals surface area contributed by atoms with Crippen molar-refractivity contribution >= 4 is 39.8 Å². The Hall–Kier alpha value is -2.93. The van der Waals surface area contributed by atoms with Gasteiger partial charge in [0.1, 0.15) is 0 Å². The summed E-state index contributed by atoms with van der Waals surface area (Å²) in [6.45, 7) is 4.15. The first-order chi connectivity index (χ1) is 14.0. The van der Waals surface area contributed by atoms with Crippen LogP contribution in [0.25, 0.3) is 6.08 Å². The lowest BCUT2D eigenvalue weighted by molar-refractivity contribution is -0.134.